The van der Waals surface area contributed by atoms with Crippen molar-refractivity contribution in [3.63, 3.8) is 0 Å². The molecule has 0 fully saturated rings. The summed E-state index contributed by atoms with van der Waals surface area (Å²) in [7, 11) is 0. The predicted octanol–water partition coefficient (Wildman–Crippen LogP) is 6.40. The number of benzene rings is 3. The van der Waals surface area contributed by atoms with Gasteiger partial charge < -0.3 is 0 Å². The van der Waals surface area contributed by atoms with E-state index in [1.165, 1.54) is 33.4 Å². The second-order valence-corrected chi connectivity index (χ2v) is 6.58. The lowest BCUT2D eigenvalue weighted by Gasteiger charge is -2.18. The molecular weight excluding hydrogens is 326 g/mol. The highest BCUT2D eigenvalue weighted by Crippen LogP contribution is 2.36. The fraction of sp³-hybridized carbons (Fsp3) is 0.0385. The van der Waals surface area contributed by atoms with Crippen molar-refractivity contribution >= 4 is 11.1 Å². The molecule has 1 heteroatoms. The van der Waals surface area contributed by atoms with Crippen LogP contribution in [0.3, 0.4) is 0 Å². The molecule has 4 aromatic rings. The van der Waals surface area contributed by atoms with E-state index in [9.17, 15) is 0 Å². The maximum Gasteiger partial charge on any atom is 0.0273 e. The Hall–Kier alpha value is -3.45. The third-order valence-corrected chi connectivity index (χ3v) is 4.68. The van der Waals surface area contributed by atoms with Gasteiger partial charge in [-0.05, 0) is 52.5 Å². The molecule has 0 saturated carbocycles. The minimum atomic E-state index is 1.16. The van der Waals surface area contributed by atoms with Crippen molar-refractivity contribution in [3.8, 4) is 0 Å². The molecule has 1 aromatic heterocycles. The summed E-state index contributed by atoms with van der Waals surface area (Å²) < 4.78 is 0. The van der Waals surface area contributed by atoms with Crippen LogP contribution in [0.1, 0.15) is 27.8 Å². The Balaban J connectivity index is 2.08. The molecule has 0 radical (unpaired) electrons. The first-order chi connectivity index (χ1) is 13.3. The van der Waals surface area contributed by atoms with Crippen LogP contribution in [0, 0.1) is 6.92 Å². The Morgan fingerprint density at radius 1 is 0.481 bits per heavy atom. The van der Waals surface area contributed by atoms with E-state index in [1.807, 2.05) is 12.4 Å². The average Bonchev–Trinajstić information content (AvgIpc) is 2.75. The SMILES string of the molecule is Cc1ccc(/C(=C(\c2ccccc2)c2ccncc2)c2ccccc2)cc1. The zero-order chi connectivity index (χ0) is 18.5. The summed E-state index contributed by atoms with van der Waals surface area (Å²) >= 11 is 0. The highest BCUT2D eigenvalue weighted by Gasteiger charge is 2.15. The molecule has 0 unspecified atom stereocenters. The third kappa shape index (κ3) is 3.73. The van der Waals surface area contributed by atoms with Crippen LogP contribution in [0.4, 0.5) is 0 Å². The number of rotatable bonds is 4. The lowest BCUT2D eigenvalue weighted by molar-refractivity contribution is 1.31. The standard InChI is InChI=1S/C26H21N/c1-20-12-14-23(15-13-20)25(21-8-4-2-5-9-21)26(22-10-6-3-7-11-22)24-16-18-27-19-17-24/h2-19H,1H3/b26-25+. The molecule has 0 N–H and O–H groups in total. The maximum atomic E-state index is 4.22. The fourth-order valence-corrected chi connectivity index (χ4v) is 3.36. The van der Waals surface area contributed by atoms with Gasteiger partial charge in [-0.3, -0.25) is 4.98 Å². The zero-order valence-corrected chi connectivity index (χ0v) is 15.3. The summed E-state index contributed by atoms with van der Waals surface area (Å²) in [6.45, 7) is 2.12. The Kier molecular flexibility index (Phi) is 4.93. The van der Waals surface area contributed by atoms with Gasteiger partial charge in [-0.2, -0.15) is 0 Å². The van der Waals surface area contributed by atoms with Gasteiger partial charge in [-0.25, -0.2) is 0 Å². The van der Waals surface area contributed by atoms with Crippen LogP contribution in [0.5, 0.6) is 0 Å². The number of aromatic nitrogens is 1. The largest absolute Gasteiger partial charge is 0.265 e. The average molecular weight is 347 g/mol. The van der Waals surface area contributed by atoms with Crippen molar-refractivity contribution in [2.45, 2.75) is 6.92 Å². The molecule has 130 valence electrons. The molecule has 27 heavy (non-hydrogen) atoms. The molecular formula is C26H21N. The van der Waals surface area contributed by atoms with Gasteiger partial charge in [-0.15, -0.1) is 0 Å². The Bertz CT molecular complexity index is 990. The molecule has 0 aliphatic carbocycles. The van der Waals surface area contributed by atoms with Crippen molar-refractivity contribution in [1.29, 1.82) is 0 Å². The minimum absolute atomic E-state index is 1.16. The van der Waals surface area contributed by atoms with Crippen LogP contribution in [0.2, 0.25) is 0 Å². The van der Waals surface area contributed by atoms with Gasteiger partial charge in [0.1, 0.15) is 0 Å². The van der Waals surface area contributed by atoms with Crippen molar-refractivity contribution in [1.82, 2.24) is 4.98 Å². The maximum absolute atomic E-state index is 4.22. The number of aryl methyl sites for hydroxylation is 1. The molecule has 1 nitrogen and oxygen atoms in total. The van der Waals surface area contributed by atoms with Crippen LogP contribution in [-0.4, -0.2) is 4.98 Å². The van der Waals surface area contributed by atoms with Crippen molar-refractivity contribution < 1.29 is 0 Å². The number of hydrogen-bond acceptors (Lipinski definition) is 1. The number of nitrogens with zero attached hydrogens (tertiary/aromatic N) is 1. The first-order valence-corrected chi connectivity index (χ1v) is 9.15. The molecule has 4 rings (SSSR count). The molecule has 3 aromatic carbocycles. The first kappa shape index (κ1) is 17.0. The lowest BCUT2D eigenvalue weighted by Crippen LogP contribution is -1.97. The molecule has 0 atom stereocenters. The van der Waals surface area contributed by atoms with E-state index in [2.05, 4.69) is 109 Å². The number of hydrogen-bond donors (Lipinski definition) is 0. The van der Waals surface area contributed by atoms with Crippen LogP contribution in [-0.2, 0) is 0 Å². The smallest absolute Gasteiger partial charge is 0.0273 e. The van der Waals surface area contributed by atoms with E-state index in [4.69, 9.17) is 0 Å². The van der Waals surface area contributed by atoms with Crippen LogP contribution >= 0.6 is 0 Å². The minimum Gasteiger partial charge on any atom is -0.265 e. The molecule has 0 aliphatic heterocycles. The molecule has 0 amide bonds. The molecule has 0 spiro atoms. The zero-order valence-electron chi connectivity index (χ0n) is 15.3. The first-order valence-electron chi connectivity index (χ1n) is 9.15. The van der Waals surface area contributed by atoms with Gasteiger partial charge in [0, 0.05) is 12.4 Å². The van der Waals surface area contributed by atoms with E-state index < -0.39 is 0 Å². The molecule has 0 aliphatic rings. The van der Waals surface area contributed by atoms with E-state index in [0.717, 1.165) is 5.56 Å². The lowest BCUT2D eigenvalue weighted by atomic mass is 9.86. The molecule has 1 heterocycles. The topological polar surface area (TPSA) is 12.9 Å². The normalized spacial score (nSPS) is 11.7. The van der Waals surface area contributed by atoms with Crippen molar-refractivity contribution in [2.75, 3.05) is 0 Å². The van der Waals surface area contributed by atoms with Crippen LogP contribution in [0.25, 0.3) is 11.1 Å². The van der Waals surface area contributed by atoms with Crippen LogP contribution < -0.4 is 0 Å². The summed E-state index contributed by atoms with van der Waals surface area (Å²) in [6, 6.07) is 34.1. The monoisotopic (exact) mass is 347 g/mol. The summed E-state index contributed by atoms with van der Waals surface area (Å²) in [5, 5.41) is 0. The third-order valence-electron chi connectivity index (χ3n) is 4.68. The predicted molar refractivity (Wildman–Crippen MR) is 113 cm³/mol. The second kappa shape index (κ2) is 7.84. The fourth-order valence-electron chi connectivity index (χ4n) is 3.36. The van der Waals surface area contributed by atoms with E-state index in [1.54, 1.807) is 0 Å². The summed E-state index contributed by atoms with van der Waals surface area (Å²) in [4.78, 5) is 4.22. The van der Waals surface area contributed by atoms with Gasteiger partial charge in [-0.1, -0.05) is 90.5 Å². The van der Waals surface area contributed by atoms with Gasteiger partial charge in [0.25, 0.3) is 0 Å². The van der Waals surface area contributed by atoms with Crippen LogP contribution in [0.15, 0.2) is 109 Å². The Labute approximate surface area is 160 Å². The Morgan fingerprint density at radius 2 is 0.889 bits per heavy atom. The number of pyridine rings is 1. The highest BCUT2D eigenvalue weighted by molar-refractivity contribution is 6.04. The van der Waals surface area contributed by atoms with Crippen molar-refractivity contribution in [2.24, 2.45) is 0 Å². The second-order valence-electron chi connectivity index (χ2n) is 6.58. The summed E-state index contributed by atoms with van der Waals surface area (Å²) in [5.74, 6) is 0. The summed E-state index contributed by atoms with van der Waals surface area (Å²) in [5.41, 5.74) is 8.48. The van der Waals surface area contributed by atoms with E-state index >= 15 is 0 Å². The van der Waals surface area contributed by atoms with Gasteiger partial charge in [0.15, 0.2) is 0 Å². The highest BCUT2D eigenvalue weighted by atomic mass is 14.6. The van der Waals surface area contributed by atoms with Gasteiger partial charge in [0.2, 0.25) is 0 Å². The van der Waals surface area contributed by atoms with E-state index in [0.29, 0.717) is 0 Å². The quantitative estimate of drug-likeness (QED) is 0.389. The van der Waals surface area contributed by atoms with Crippen molar-refractivity contribution in [3.05, 3.63) is 137 Å². The molecule has 0 bridgehead atoms. The van der Waals surface area contributed by atoms with E-state index in [-0.39, 0.29) is 0 Å². The van der Waals surface area contributed by atoms with Gasteiger partial charge in [0.05, 0.1) is 0 Å². The Morgan fingerprint density at radius 3 is 1.37 bits per heavy atom. The summed E-state index contributed by atoms with van der Waals surface area (Å²) in [6.07, 6.45) is 3.71. The molecule has 0 saturated heterocycles. The van der Waals surface area contributed by atoms with Gasteiger partial charge >= 0.3 is 0 Å².